The van der Waals surface area contributed by atoms with Gasteiger partial charge in [-0.1, -0.05) is 6.92 Å². The van der Waals surface area contributed by atoms with Crippen LogP contribution in [0.1, 0.15) is 18.9 Å². The van der Waals surface area contributed by atoms with E-state index in [1.165, 1.54) is 11.9 Å². The number of anilines is 1. The van der Waals surface area contributed by atoms with Crippen LogP contribution < -0.4 is 4.90 Å². The van der Waals surface area contributed by atoms with E-state index in [0.717, 1.165) is 0 Å². The lowest BCUT2D eigenvalue weighted by Gasteiger charge is -2.20. The molecule has 0 spiro atoms. The Kier molecular flexibility index (Phi) is 5.33. The molecule has 22 heavy (non-hydrogen) atoms. The fourth-order valence-electron chi connectivity index (χ4n) is 1.96. The van der Waals surface area contributed by atoms with Crippen molar-refractivity contribution < 1.29 is 23.0 Å². The lowest BCUT2D eigenvalue weighted by atomic mass is 10.1. The summed E-state index contributed by atoms with van der Waals surface area (Å²) in [6.45, 7) is 1.94. The first kappa shape index (κ1) is 18.1. The van der Waals surface area contributed by atoms with Gasteiger partial charge in [-0.15, -0.1) is 0 Å². The minimum atomic E-state index is -4.96. The molecule has 0 amide bonds. The standard InChI is InChI=1S/C11H11BrF3N3O4/c1-3-4-16(2)9-7(17(19)20)5-6(11(13,14)15)8(12)10(9)18(21)22/h5H,3-4H2,1-2H3. The average Bonchev–Trinajstić information content (AvgIpc) is 2.35. The van der Waals surface area contributed by atoms with Gasteiger partial charge in [-0.25, -0.2) is 0 Å². The van der Waals surface area contributed by atoms with Crippen molar-refractivity contribution in [2.24, 2.45) is 0 Å². The first-order valence-electron chi connectivity index (χ1n) is 5.95. The number of nitro benzene ring substituents is 2. The molecule has 0 aliphatic rings. The highest BCUT2D eigenvalue weighted by atomic mass is 79.9. The monoisotopic (exact) mass is 385 g/mol. The molecule has 122 valence electrons. The Balaban J connectivity index is 3.85. The van der Waals surface area contributed by atoms with E-state index in [1.807, 2.05) is 0 Å². The lowest BCUT2D eigenvalue weighted by molar-refractivity contribution is -0.393. The molecule has 7 nitrogen and oxygen atoms in total. The third-order valence-electron chi connectivity index (χ3n) is 2.82. The van der Waals surface area contributed by atoms with Gasteiger partial charge in [0.15, 0.2) is 5.69 Å². The molecule has 0 saturated heterocycles. The maximum atomic E-state index is 12.9. The van der Waals surface area contributed by atoms with Crippen LogP contribution in [-0.4, -0.2) is 23.4 Å². The quantitative estimate of drug-likeness (QED) is 0.561. The van der Waals surface area contributed by atoms with Gasteiger partial charge in [-0.2, -0.15) is 13.2 Å². The average molecular weight is 386 g/mol. The summed E-state index contributed by atoms with van der Waals surface area (Å²) in [7, 11) is 1.35. The summed E-state index contributed by atoms with van der Waals surface area (Å²) in [5, 5.41) is 22.2. The first-order chi connectivity index (χ1) is 10.0. The SMILES string of the molecule is CCCN(C)c1c([N+](=O)[O-])cc(C(F)(F)F)c(Br)c1[N+](=O)[O-]. The number of hydrogen-bond donors (Lipinski definition) is 0. The van der Waals surface area contributed by atoms with Crippen molar-refractivity contribution in [3.8, 4) is 0 Å². The fourth-order valence-corrected chi connectivity index (χ4v) is 2.63. The molecule has 0 saturated carbocycles. The highest BCUT2D eigenvalue weighted by Gasteiger charge is 2.42. The summed E-state index contributed by atoms with van der Waals surface area (Å²) < 4.78 is 38.0. The Morgan fingerprint density at radius 2 is 1.82 bits per heavy atom. The number of hydrogen-bond acceptors (Lipinski definition) is 5. The Morgan fingerprint density at radius 1 is 1.27 bits per heavy atom. The van der Waals surface area contributed by atoms with Crippen LogP contribution in [0.4, 0.5) is 30.2 Å². The summed E-state index contributed by atoms with van der Waals surface area (Å²) in [5.41, 5.74) is -3.85. The molecule has 1 rings (SSSR count). The highest BCUT2D eigenvalue weighted by molar-refractivity contribution is 9.10. The van der Waals surface area contributed by atoms with Gasteiger partial charge in [0.2, 0.25) is 0 Å². The second-order valence-corrected chi connectivity index (χ2v) is 5.18. The molecule has 1 aromatic rings. The summed E-state index contributed by atoms with van der Waals surface area (Å²) in [4.78, 5) is 21.3. The first-order valence-corrected chi connectivity index (χ1v) is 6.75. The minimum absolute atomic E-state index is 0.208. The van der Waals surface area contributed by atoms with Gasteiger partial charge in [0.25, 0.3) is 5.69 Å². The summed E-state index contributed by atoms with van der Waals surface area (Å²) in [6.07, 6.45) is -4.46. The van der Waals surface area contributed by atoms with Crippen molar-refractivity contribution in [1.29, 1.82) is 0 Å². The van der Waals surface area contributed by atoms with Crippen LogP contribution in [0.5, 0.6) is 0 Å². The van der Waals surface area contributed by atoms with Crippen LogP contribution in [0.3, 0.4) is 0 Å². The van der Waals surface area contributed by atoms with E-state index in [0.29, 0.717) is 12.5 Å². The molecule has 0 aliphatic carbocycles. The highest BCUT2D eigenvalue weighted by Crippen LogP contribution is 2.48. The van der Waals surface area contributed by atoms with Gasteiger partial charge in [-0.05, 0) is 22.4 Å². The van der Waals surface area contributed by atoms with Gasteiger partial charge < -0.3 is 4.90 Å². The summed E-state index contributed by atoms with van der Waals surface area (Å²) in [6, 6.07) is 0.304. The molecule has 0 aliphatic heterocycles. The Labute approximate surface area is 131 Å². The molecule has 11 heteroatoms. The number of alkyl halides is 3. The minimum Gasteiger partial charge on any atom is -0.363 e. The topological polar surface area (TPSA) is 89.5 Å². The Hall–Kier alpha value is -1.91. The zero-order valence-electron chi connectivity index (χ0n) is 11.5. The summed E-state index contributed by atoms with van der Waals surface area (Å²) >= 11 is 2.56. The van der Waals surface area contributed by atoms with Crippen LogP contribution in [0.15, 0.2) is 10.5 Å². The van der Waals surface area contributed by atoms with Gasteiger partial charge in [-0.3, -0.25) is 20.2 Å². The van der Waals surface area contributed by atoms with E-state index in [4.69, 9.17) is 0 Å². The van der Waals surface area contributed by atoms with E-state index in [2.05, 4.69) is 15.9 Å². The molecule has 0 heterocycles. The van der Waals surface area contributed by atoms with Gasteiger partial charge >= 0.3 is 11.9 Å². The molecule has 0 aromatic heterocycles. The normalized spacial score (nSPS) is 11.4. The predicted molar refractivity (Wildman–Crippen MR) is 76.0 cm³/mol. The van der Waals surface area contributed by atoms with E-state index in [1.54, 1.807) is 6.92 Å². The van der Waals surface area contributed by atoms with Crippen LogP contribution in [0.25, 0.3) is 0 Å². The van der Waals surface area contributed by atoms with Crippen molar-refractivity contribution in [3.05, 3.63) is 36.3 Å². The van der Waals surface area contributed by atoms with E-state index >= 15 is 0 Å². The van der Waals surface area contributed by atoms with Crippen LogP contribution in [-0.2, 0) is 6.18 Å². The van der Waals surface area contributed by atoms with Gasteiger partial charge in [0.1, 0.15) is 4.47 Å². The molecular formula is C11H11BrF3N3O4. The van der Waals surface area contributed by atoms with Gasteiger partial charge in [0, 0.05) is 19.7 Å². The molecule has 1 aromatic carbocycles. The Bertz CT molecular complexity index is 622. The molecule has 0 N–H and O–H groups in total. The van der Waals surface area contributed by atoms with Crippen molar-refractivity contribution in [2.45, 2.75) is 19.5 Å². The van der Waals surface area contributed by atoms with Crippen molar-refractivity contribution >= 4 is 33.0 Å². The Morgan fingerprint density at radius 3 is 2.18 bits per heavy atom. The lowest BCUT2D eigenvalue weighted by Crippen LogP contribution is -2.21. The number of nitro groups is 2. The third-order valence-corrected chi connectivity index (χ3v) is 3.62. The van der Waals surface area contributed by atoms with Crippen molar-refractivity contribution in [1.82, 2.24) is 0 Å². The van der Waals surface area contributed by atoms with Crippen LogP contribution in [0.2, 0.25) is 0 Å². The van der Waals surface area contributed by atoms with Gasteiger partial charge in [0.05, 0.1) is 15.4 Å². The second kappa shape index (κ2) is 6.46. The maximum Gasteiger partial charge on any atom is 0.418 e. The van der Waals surface area contributed by atoms with Crippen molar-refractivity contribution in [2.75, 3.05) is 18.5 Å². The van der Waals surface area contributed by atoms with E-state index < -0.39 is 43.1 Å². The predicted octanol–water partition coefficient (Wildman–Crippen LogP) is 4.13. The fraction of sp³-hybridized carbons (Fsp3) is 0.455. The maximum absolute atomic E-state index is 12.9. The second-order valence-electron chi connectivity index (χ2n) is 4.39. The molecule has 0 radical (unpaired) electrons. The van der Waals surface area contributed by atoms with Crippen LogP contribution >= 0.6 is 15.9 Å². The molecule has 0 fully saturated rings. The molecular weight excluding hydrogens is 375 g/mol. The van der Waals surface area contributed by atoms with E-state index in [-0.39, 0.29) is 6.54 Å². The molecule has 0 unspecified atom stereocenters. The van der Waals surface area contributed by atoms with E-state index in [9.17, 15) is 33.4 Å². The van der Waals surface area contributed by atoms with Crippen molar-refractivity contribution in [3.63, 3.8) is 0 Å². The molecule has 0 bridgehead atoms. The molecule has 0 atom stereocenters. The largest absolute Gasteiger partial charge is 0.418 e. The zero-order valence-corrected chi connectivity index (χ0v) is 13.1. The zero-order chi connectivity index (χ0) is 17.2. The number of benzene rings is 1. The van der Waals surface area contributed by atoms with Crippen LogP contribution in [0, 0.1) is 20.2 Å². The summed E-state index contributed by atoms with van der Waals surface area (Å²) in [5.74, 6) is 0. The smallest absolute Gasteiger partial charge is 0.363 e. The third kappa shape index (κ3) is 3.46. The number of halogens is 4. The number of rotatable bonds is 5. The number of nitrogens with zero attached hydrogens (tertiary/aromatic N) is 3.